The molecule has 3 atom stereocenters. The van der Waals surface area contributed by atoms with Crippen LogP contribution < -0.4 is 0 Å². The minimum atomic E-state index is -0.706. The molecule has 0 radical (unpaired) electrons. The number of rotatable bonds is 6. The van der Waals surface area contributed by atoms with Gasteiger partial charge in [0.2, 0.25) is 0 Å². The van der Waals surface area contributed by atoms with E-state index in [4.69, 9.17) is 9.47 Å². The van der Waals surface area contributed by atoms with Gasteiger partial charge in [-0.1, -0.05) is 13.8 Å². The number of hydrogen-bond donors (Lipinski definition) is 0. The van der Waals surface area contributed by atoms with E-state index in [9.17, 15) is 9.59 Å². The molecule has 0 aromatic carbocycles. The summed E-state index contributed by atoms with van der Waals surface area (Å²) in [6.07, 6.45) is -1.10. The molecule has 100 valence electrons. The molecule has 0 saturated heterocycles. The smallest absolute Gasteiger partial charge is 0.466 e. The molecule has 0 aliphatic rings. The van der Waals surface area contributed by atoms with Gasteiger partial charge in [0, 0.05) is 5.92 Å². The molecule has 3 unspecified atom stereocenters. The summed E-state index contributed by atoms with van der Waals surface area (Å²) >= 11 is 0. The third-order valence-corrected chi connectivity index (χ3v) is 2.73. The van der Waals surface area contributed by atoms with Gasteiger partial charge in [-0.2, -0.15) is 0 Å². The van der Waals surface area contributed by atoms with E-state index < -0.39 is 12.3 Å². The topological polar surface area (TPSA) is 61.8 Å². The van der Waals surface area contributed by atoms with E-state index in [1.165, 1.54) is 0 Å². The van der Waals surface area contributed by atoms with Crippen molar-refractivity contribution in [2.24, 2.45) is 11.8 Å². The van der Waals surface area contributed by atoms with Gasteiger partial charge in [0.15, 0.2) is 0 Å². The fourth-order valence-corrected chi connectivity index (χ4v) is 1.31. The molecule has 0 bridgehead atoms. The van der Waals surface area contributed by atoms with Crippen LogP contribution >= 0.6 is 0 Å². The Morgan fingerprint density at radius 1 is 1.00 bits per heavy atom. The van der Waals surface area contributed by atoms with Crippen molar-refractivity contribution in [3.05, 3.63) is 0 Å². The molecular formula is C12H22O5. The molecule has 0 N–H and O–H groups in total. The highest BCUT2D eigenvalue weighted by Gasteiger charge is 2.28. The predicted octanol–water partition coefficient (Wildman–Crippen LogP) is 2.38. The van der Waals surface area contributed by atoms with Crippen LogP contribution in [0.15, 0.2) is 0 Å². The molecule has 0 amide bonds. The molecule has 5 heteroatoms. The first-order valence-corrected chi connectivity index (χ1v) is 5.94. The Bertz CT molecular complexity index is 251. The Morgan fingerprint density at radius 2 is 1.53 bits per heavy atom. The summed E-state index contributed by atoms with van der Waals surface area (Å²) in [4.78, 5) is 22.6. The summed E-state index contributed by atoms with van der Waals surface area (Å²) in [7, 11) is 0. The molecule has 0 rings (SSSR count). The predicted molar refractivity (Wildman–Crippen MR) is 62.5 cm³/mol. The van der Waals surface area contributed by atoms with Gasteiger partial charge in [-0.05, 0) is 20.8 Å². The van der Waals surface area contributed by atoms with Crippen LogP contribution in [0.1, 0.15) is 34.6 Å². The molecule has 0 aliphatic heterocycles. The second-order valence-electron chi connectivity index (χ2n) is 3.91. The molecule has 5 nitrogen and oxygen atoms in total. The fourth-order valence-electron chi connectivity index (χ4n) is 1.31. The third-order valence-electron chi connectivity index (χ3n) is 2.73. The summed E-state index contributed by atoms with van der Waals surface area (Å²) in [5, 5.41) is 0. The molecule has 0 saturated carbocycles. The zero-order chi connectivity index (χ0) is 13.4. The molecule has 0 heterocycles. The van der Waals surface area contributed by atoms with E-state index in [1.54, 1.807) is 27.7 Å². The summed E-state index contributed by atoms with van der Waals surface area (Å²) in [5.41, 5.74) is 0. The third kappa shape index (κ3) is 5.56. The fraction of sp³-hybridized carbons (Fsp3) is 0.833. The van der Waals surface area contributed by atoms with Crippen LogP contribution in [0.2, 0.25) is 0 Å². The van der Waals surface area contributed by atoms with E-state index in [0.717, 1.165) is 0 Å². The molecule has 0 spiro atoms. The second kappa shape index (κ2) is 7.92. The molecule has 0 aliphatic carbocycles. The minimum Gasteiger partial charge on any atom is -0.466 e. The summed E-state index contributed by atoms with van der Waals surface area (Å²) < 4.78 is 14.6. The maximum Gasteiger partial charge on any atom is 0.508 e. The van der Waals surface area contributed by atoms with E-state index in [2.05, 4.69) is 4.74 Å². The van der Waals surface area contributed by atoms with Crippen molar-refractivity contribution in [2.75, 3.05) is 13.2 Å². The Hall–Kier alpha value is -1.26. The van der Waals surface area contributed by atoms with E-state index >= 15 is 0 Å². The highest BCUT2D eigenvalue weighted by atomic mass is 16.7. The van der Waals surface area contributed by atoms with Crippen LogP contribution in [0.3, 0.4) is 0 Å². The maximum atomic E-state index is 11.5. The molecule has 0 aromatic heterocycles. The lowest BCUT2D eigenvalue weighted by atomic mass is 9.91. The number of hydrogen-bond acceptors (Lipinski definition) is 5. The van der Waals surface area contributed by atoms with Crippen molar-refractivity contribution in [3.63, 3.8) is 0 Å². The van der Waals surface area contributed by atoms with Crippen molar-refractivity contribution in [1.82, 2.24) is 0 Å². The quantitative estimate of drug-likeness (QED) is 0.673. The lowest BCUT2D eigenvalue weighted by Gasteiger charge is -2.24. The van der Waals surface area contributed by atoms with Crippen LogP contribution in [-0.2, 0) is 19.0 Å². The monoisotopic (exact) mass is 246 g/mol. The highest BCUT2D eigenvalue weighted by molar-refractivity contribution is 5.72. The largest absolute Gasteiger partial charge is 0.508 e. The first-order chi connectivity index (χ1) is 7.93. The van der Waals surface area contributed by atoms with Crippen molar-refractivity contribution in [1.29, 1.82) is 0 Å². The van der Waals surface area contributed by atoms with E-state index in [0.29, 0.717) is 6.61 Å². The number of carbonyl (C=O) groups is 2. The van der Waals surface area contributed by atoms with Crippen molar-refractivity contribution in [3.8, 4) is 0 Å². The number of ether oxygens (including phenoxy) is 3. The van der Waals surface area contributed by atoms with Crippen molar-refractivity contribution >= 4 is 12.1 Å². The van der Waals surface area contributed by atoms with Gasteiger partial charge in [0.25, 0.3) is 0 Å². The standard InChI is InChI=1S/C12H22O5/c1-6-15-11(13)9(4)8(3)10(5)17-12(14)16-7-2/h8-10H,6-7H2,1-5H3. The first-order valence-electron chi connectivity index (χ1n) is 5.94. The molecule has 0 fully saturated rings. The zero-order valence-electron chi connectivity index (χ0n) is 11.2. The zero-order valence-corrected chi connectivity index (χ0v) is 11.2. The Balaban J connectivity index is 4.23. The molecule has 17 heavy (non-hydrogen) atoms. The van der Waals surface area contributed by atoms with Gasteiger partial charge in [-0.3, -0.25) is 4.79 Å². The van der Waals surface area contributed by atoms with Gasteiger partial charge >= 0.3 is 12.1 Å². The average molecular weight is 246 g/mol. The van der Waals surface area contributed by atoms with Crippen LogP contribution in [-0.4, -0.2) is 31.4 Å². The average Bonchev–Trinajstić information content (AvgIpc) is 2.27. The number of esters is 1. The summed E-state index contributed by atoms with van der Waals surface area (Å²) in [6.45, 7) is 9.41. The summed E-state index contributed by atoms with van der Waals surface area (Å²) in [5.74, 6) is -0.725. The van der Waals surface area contributed by atoms with E-state index in [-0.39, 0.29) is 24.4 Å². The van der Waals surface area contributed by atoms with Crippen molar-refractivity contribution in [2.45, 2.75) is 40.7 Å². The van der Waals surface area contributed by atoms with Crippen LogP contribution in [0.25, 0.3) is 0 Å². The van der Waals surface area contributed by atoms with Crippen molar-refractivity contribution < 1.29 is 23.8 Å². The van der Waals surface area contributed by atoms with Gasteiger partial charge in [0.1, 0.15) is 6.10 Å². The van der Waals surface area contributed by atoms with Gasteiger partial charge < -0.3 is 14.2 Å². The van der Waals surface area contributed by atoms with Crippen LogP contribution in [0, 0.1) is 11.8 Å². The van der Waals surface area contributed by atoms with Gasteiger partial charge in [-0.15, -0.1) is 0 Å². The van der Waals surface area contributed by atoms with Gasteiger partial charge in [0.05, 0.1) is 19.1 Å². The normalized spacial score (nSPS) is 15.6. The second-order valence-corrected chi connectivity index (χ2v) is 3.91. The molecular weight excluding hydrogens is 224 g/mol. The number of carbonyl (C=O) groups excluding carboxylic acids is 2. The first kappa shape index (κ1) is 15.7. The lowest BCUT2D eigenvalue weighted by molar-refractivity contribution is -0.150. The highest BCUT2D eigenvalue weighted by Crippen LogP contribution is 2.19. The molecule has 0 aromatic rings. The Labute approximate surface area is 102 Å². The Kier molecular flexibility index (Phi) is 7.34. The van der Waals surface area contributed by atoms with Crippen LogP contribution in [0.4, 0.5) is 4.79 Å². The van der Waals surface area contributed by atoms with Crippen LogP contribution in [0.5, 0.6) is 0 Å². The maximum absolute atomic E-state index is 11.5. The SMILES string of the molecule is CCOC(=O)OC(C)C(C)C(C)C(=O)OCC. The van der Waals surface area contributed by atoms with Gasteiger partial charge in [-0.25, -0.2) is 4.79 Å². The summed E-state index contributed by atoms with van der Waals surface area (Å²) in [6, 6.07) is 0. The van der Waals surface area contributed by atoms with E-state index in [1.807, 2.05) is 6.92 Å². The Morgan fingerprint density at radius 3 is 2.00 bits per heavy atom. The lowest BCUT2D eigenvalue weighted by Crippen LogP contribution is -2.31. The minimum absolute atomic E-state index is 0.126.